The Kier molecular flexibility index (Phi) is 3.99. The Hall–Kier alpha value is -2.02. The Bertz CT molecular complexity index is 692. The normalized spacial score (nSPS) is 10.4. The lowest BCUT2D eigenvalue weighted by molar-refractivity contribution is 0.0695. The summed E-state index contributed by atoms with van der Waals surface area (Å²) in [5.41, 5.74) is 1.73. The zero-order valence-corrected chi connectivity index (χ0v) is 12.3. The molecule has 0 spiro atoms. The predicted octanol–water partition coefficient (Wildman–Crippen LogP) is 3.44. The summed E-state index contributed by atoms with van der Waals surface area (Å²) in [6.07, 6.45) is 1.24. The molecule has 0 unspecified atom stereocenters. The smallest absolute Gasteiger partial charge is 0.339 e. The van der Waals surface area contributed by atoms with Crippen LogP contribution in [-0.4, -0.2) is 21.0 Å². The van der Waals surface area contributed by atoms with Gasteiger partial charge in [-0.15, -0.1) is 0 Å². The lowest BCUT2D eigenvalue weighted by Crippen LogP contribution is -2.06. The van der Waals surface area contributed by atoms with Crippen molar-refractivity contribution < 1.29 is 14.3 Å². The number of aryl methyl sites for hydroxylation is 2. The van der Waals surface area contributed by atoms with Gasteiger partial charge in [0.2, 0.25) is 5.95 Å². The Morgan fingerprint density at radius 2 is 2.10 bits per heavy atom. The van der Waals surface area contributed by atoms with E-state index in [0.717, 1.165) is 0 Å². The molecule has 0 aliphatic carbocycles. The molecule has 0 aliphatic heterocycles. The van der Waals surface area contributed by atoms with Gasteiger partial charge in [-0.2, -0.15) is 0 Å². The number of nitrogens with one attached hydrogen (secondary N) is 1. The van der Waals surface area contributed by atoms with Gasteiger partial charge in [0, 0.05) is 11.9 Å². The quantitative estimate of drug-likeness (QED) is 0.895. The van der Waals surface area contributed by atoms with Crippen molar-refractivity contribution in [2.45, 2.75) is 13.8 Å². The standard InChI is InChI=1S/C13H11BrFN3O2/c1-6-3-10(15)9(14)4-11(6)18-13-16-5-8(12(19)20)7(2)17-13/h3-5H,1-2H3,(H,19,20)(H,16,17,18). The molecule has 1 aromatic carbocycles. The van der Waals surface area contributed by atoms with Gasteiger partial charge in [0.1, 0.15) is 5.82 Å². The molecular formula is C13H11BrFN3O2. The summed E-state index contributed by atoms with van der Waals surface area (Å²) in [4.78, 5) is 18.9. The topological polar surface area (TPSA) is 75.1 Å². The predicted molar refractivity (Wildman–Crippen MR) is 75.8 cm³/mol. The number of halogens is 2. The molecular weight excluding hydrogens is 329 g/mol. The van der Waals surface area contributed by atoms with Gasteiger partial charge in [-0.3, -0.25) is 0 Å². The maximum absolute atomic E-state index is 13.3. The van der Waals surface area contributed by atoms with Crippen molar-refractivity contribution in [3.63, 3.8) is 0 Å². The van der Waals surface area contributed by atoms with Gasteiger partial charge in [0.15, 0.2) is 0 Å². The molecule has 0 radical (unpaired) electrons. The highest BCUT2D eigenvalue weighted by Gasteiger charge is 2.11. The van der Waals surface area contributed by atoms with E-state index in [-0.39, 0.29) is 17.3 Å². The summed E-state index contributed by atoms with van der Waals surface area (Å²) in [6.45, 7) is 3.33. The highest BCUT2D eigenvalue weighted by atomic mass is 79.9. The van der Waals surface area contributed by atoms with Crippen LogP contribution in [0.1, 0.15) is 21.6 Å². The van der Waals surface area contributed by atoms with E-state index in [9.17, 15) is 9.18 Å². The van der Waals surface area contributed by atoms with Gasteiger partial charge in [-0.25, -0.2) is 19.2 Å². The van der Waals surface area contributed by atoms with Crippen LogP contribution in [0, 0.1) is 19.7 Å². The average Bonchev–Trinajstić information content (AvgIpc) is 2.35. The minimum absolute atomic E-state index is 0.0487. The molecule has 0 saturated heterocycles. The van der Waals surface area contributed by atoms with E-state index in [0.29, 0.717) is 21.4 Å². The third-order valence-corrected chi connectivity index (χ3v) is 3.33. The molecule has 0 fully saturated rings. The summed E-state index contributed by atoms with van der Waals surface area (Å²) >= 11 is 3.11. The molecule has 0 bridgehead atoms. The highest BCUT2D eigenvalue weighted by molar-refractivity contribution is 9.10. The number of nitrogens with zero attached hydrogens (tertiary/aromatic N) is 2. The van der Waals surface area contributed by atoms with Gasteiger partial charge in [-0.05, 0) is 47.5 Å². The number of carboxylic acids is 1. The number of anilines is 2. The number of rotatable bonds is 3. The molecule has 0 saturated carbocycles. The molecule has 2 N–H and O–H groups in total. The Morgan fingerprint density at radius 3 is 2.70 bits per heavy atom. The zero-order chi connectivity index (χ0) is 14.9. The SMILES string of the molecule is Cc1cc(F)c(Br)cc1Nc1ncc(C(=O)O)c(C)n1. The van der Waals surface area contributed by atoms with E-state index in [2.05, 4.69) is 31.2 Å². The summed E-state index contributed by atoms with van der Waals surface area (Å²) in [5.74, 6) is -1.17. The molecule has 0 aliphatic rings. The third-order valence-electron chi connectivity index (χ3n) is 2.72. The van der Waals surface area contributed by atoms with E-state index in [4.69, 9.17) is 5.11 Å². The summed E-state index contributed by atoms with van der Waals surface area (Å²) < 4.78 is 13.7. The zero-order valence-electron chi connectivity index (χ0n) is 10.7. The summed E-state index contributed by atoms with van der Waals surface area (Å²) in [5, 5.41) is 11.8. The van der Waals surface area contributed by atoms with E-state index in [1.807, 2.05) is 0 Å². The lowest BCUT2D eigenvalue weighted by Gasteiger charge is -2.10. The Labute approximate surface area is 123 Å². The van der Waals surface area contributed by atoms with Crippen LogP contribution in [-0.2, 0) is 0 Å². The van der Waals surface area contributed by atoms with Crippen molar-refractivity contribution in [3.05, 3.63) is 45.4 Å². The van der Waals surface area contributed by atoms with Crippen molar-refractivity contribution in [1.29, 1.82) is 0 Å². The van der Waals surface area contributed by atoms with Gasteiger partial charge in [-0.1, -0.05) is 0 Å². The van der Waals surface area contributed by atoms with Crippen molar-refractivity contribution in [2.75, 3.05) is 5.32 Å². The van der Waals surface area contributed by atoms with Crippen molar-refractivity contribution in [2.24, 2.45) is 0 Å². The summed E-state index contributed by atoms with van der Waals surface area (Å²) in [6, 6.07) is 2.96. The molecule has 7 heteroatoms. The fraction of sp³-hybridized carbons (Fsp3) is 0.154. The highest BCUT2D eigenvalue weighted by Crippen LogP contribution is 2.26. The van der Waals surface area contributed by atoms with Gasteiger partial charge in [0.25, 0.3) is 0 Å². The Morgan fingerprint density at radius 1 is 1.40 bits per heavy atom. The molecule has 1 aromatic heterocycles. The first-order valence-corrected chi connectivity index (χ1v) is 6.47. The number of hydrogen-bond donors (Lipinski definition) is 2. The van der Waals surface area contributed by atoms with Gasteiger partial charge in [0.05, 0.1) is 15.7 Å². The first kappa shape index (κ1) is 14.4. The van der Waals surface area contributed by atoms with Crippen LogP contribution in [0.4, 0.5) is 16.0 Å². The maximum Gasteiger partial charge on any atom is 0.339 e. The van der Waals surface area contributed by atoms with Crippen LogP contribution in [0.15, 0.2) is 22.8 Å². The van der Waals surface area contributed by atoms with Crippen molar-refractivity contribution in [1.82, 2.24) is 9.97 Å². The van der Waals surface area contributed by atoms with Crippen LogP contribution < -0.4 is 5.32 Å². The first-order chi connectivity index (χ1) is 9.38. The monoisotopic (exact) mass is 339 g/mol. The maximum atomic E-state index is 13.3. The van der Waals surface area contributed by atoms with E-state index in [1.165, 1.54) is 12.3 Å². The second kappa shape index (κ2) is 5.54. The van der Waals surface area contributed by atoms with E-state index < -0.39 is 5.97 Å². The number of aromatic carboxylic acids is 1. The first-order valence-electron chi connectivity index (χ1n) is 5.68. The number of carboxylic acid groups (broad SMARTS) is 1. The molecule has 0 atom stereocenters. The molecule has 0 amide bonds. The van der Waals surface area contributed by atoms with E-state index >= 15 is 0 Å². The van der Waals surface area contributed by atoms with Crippen LogP contribution in [0.25, 0.3) is 0 Å². The minimum Gasteiger partial charge on any atom is -0.478 e. The average molecular weight is 340 g/mol. The van der Waals surface area contributed by atoms with E-state index in [1.54, 1.807) is 19.9 Å². The van der Waals surface area contributed by atoms with Crippen LogP contribution in [0.3, 0.4) is 0 Å². The molecule has 104 valence electrons. The second-order valence-electron chi connectivity index (χ2n) is 4.20. The van der Waals surface area contributed by atoms with Gasteiger partial charge < -0.3 is 10.4 Å². The third kappa shape index (κ3) is 2.93. The molecule has 2 aromatic rings. The lowest BCUT2D eigenvalue weighted by atomic mass is 10.2. The fourth-order valence-electron chi connectivity index (χ4n) is 1.64. The number of hydrogen-bond acceptors (Lipinski definition) is 4. The molecule has 20 heavy (non-hydrogen) atoms. The second-order valence-corrected chi connectivity index (χ2v) is 5.06. The molecule has 2 rings (SSSR count). The largest absolute Gasteiger partial charge is 0.478 e. The fourth-order valence-corrected chi connectivity index (χ4v) is 1.98. The Balaban J connectivity index is 2.33. The number of benzene rings is 1. The molecule has 1 heterocycles. The number of aromatic nitrogens is 2. The van der Waals surface area contributed by atoms with Crippen LogP contribution in [0.5, 0.6) is 0 Å². The van der Waals surface area contributed by atoms with Crippen LogP contribution in [0.2, 0.25) is 0 Å². The van der Waals surface area contributed by atoms with Gasteiger partial charge >= 0.3 is 5.97 Å². The van der Waals surface area contributed by atoms with Crippen LogP contribution >= 0.6 is 15.9 Å². The molecule has 5 nitrogen and oxygen atoms in total. The van der Waals surface area contributed by atoms with Crippen molar-refractivity contribution in [3.8, 4) is 0 Å². The number of carbonyl (C=O) groups is 1. The minimum atomic E-state index is -1.07. The van der Waals surface area contributed by atoms with Crippen molar-refractivity contribution >= 4 is 33.5 Å². The summed E-state index contributed by atoms with van der Waals surface area (Å²) in [7, 11) is 0.